The van der Waals surface area contributed by atoms with Gasteiger partial charge in [-0.25, -0.2) is 10.4 Å². The molecule has 0 unspecified atom stereocenters. The summed E-state index contributed by atoms with van der Waals surface area (Å²) >= 11 is 1.49. The number of fused-ring (bicyclic) bond motifs is 1. The molecule has 0 atom stereocenters. The van der Waals surface area contributed by atoms with Gasteiger partial charge in [0.05, 0.1) is 23.0 Å². The summed E-state index contributed by atoms with van der Waals surface area (Å²) in [5, 5.41) is 16.6. The molecule has 3 aromatic rings. The number of amides is 1. The summed E-state index contributed by atoms with van der Waals surface area (Å²) < 4.78 is 2.84. The summed E-state index contributed by atoms with van der Waals surface area (Å²) in [6, 6.07) is 11.6. The van der Waals surface area contributed by atoms with E-state index in [4.69, 9.17) is 5.26 Å². The summed E-state index contributed by atoms with van der Waals surface area (Å²) in [7, 11) is 1.81. The zero-order valence-corrected chi connectivity index (χ0v) is 14.6. The van der Waals surface area contributed by atoms with Crippen molar-refractivity contribution in [2.75, 3.05) is 11.9 Å². The molecule has 0 spiro atoms. The van der Waals surface area contributed by atoms with Crippen molar-refractivity contribution < 1.29 is 4.79 Å². The minimum Gasteiger partial charge on any atom is -0.352 e. The van der Waals surface area contributed by atoms with Gasteiger partial charge in [0.1, 0.15) is 11.8 Å². The molecule has 0 aliphatic rings. The standard InChI is InChI=1S/C17H16N6OS/c1-11-12(7-13(8-18)23(11)2)9-20-22-16(24)10-19-17-21-14-5-3-4-6-15(14)25-17/h3-7,9H,10H2,1-2H3,(H,19,21)(H,22,24)/b20-9-. The fourth-order valence-electron chi connectivity index (χ4n) is 2.28. The van der Waals surface area contributed by atoms with E-state index in [1.54, 1.807) is 10.6 Å². The zero-order valence-electron chi connectivity index (χ0n) is 13.8. The number of carbonyl (C=O) groups is 1. The van der Waals surface area contributed by atoms with Gasteiger partial charge in [0.15, 0.2) is 5.13 Å². The van der Waals surface area contributed by atoms with Crippen molar-refractivity contribution >= 4 is 38.8 Å². The molecule has 2 N–H and O–H groups in total. The molecule has 0 saturated heterocycles. The van der Waals surface area contributed by atoms with Crippen LogP contribution in [0.25, 0.3) is 10.2 Å². The maximum atomic E-state index is 11.9. The SMILES string of the molecule is Cc1c(/C=N\NC(=O)CNc2nc3ccccc3s2)cc(C#N)n1C. The van der Waals surface area contributed by atoms with Gasteiger partial charge in [0.2, 0.25) is 0 Å². The Morgan fingerprint density at radius 3 is 3.00 bits per heavy atom. The highest BCUT2D eigenvalue weighted by Gasteiger charge is 2.07. The molecule has 25 heavy (non-hydrogen) atoms. The van der Waals surface area contributed by atoms with E-state index in [0.29, 0.717) is 10.8 Å². The molecule has 1 amide bonds. The number of aromatic nitrogens is 2. The molecular formula is C17H16N6OS. The second-order valence-electron chi connectivity index (χ2n) is 5.37. The van der Waals surface area contributed by atoms with E-state index < -0.39 is 0 Å². The van der Waals surface area contributed by atoms with Crippen LogP contribution in [0.15, 0.2) is 35.4 Å². The van der Waals surface area contributed by atoms with Crippen LogP contribution in [0.5, 0.6) is 0 Å². The summed E-state index contributed by atoms with van der Waals surface area (Å²) in [5.41, 5.74) is 5.61. The predicted molar refractivity (Wildman–Crippen MR) is 98.7 cm³/mol. The topological polar surface area (TPSA) is 95.1 Å². The van der Waals surface area contributed by atoms with Crippen LogP contribution in [0.1, 0.15) is 17.0 Å². The Morgan fingerprint density at radius 2 is 2.28 bits per heavy atom. The lowest BCUT2D eigenvalue weighted by Crippen LogP contribution is -2.25. The number of nitriles is 1. The second kappa shape index (κ2) is 7.15. The van der Waals surface area contributed by atoms with E-state index in [1.807, 2.05) is 38.2 Å². The molecule has 0 bridgehead atoms. The number of hydrogen-bond acceptors (Lipinski definition) is 6. The van der Waals surface area contributed by atoms with E-state index in [0.717, 1.165) is 21.5 Å². The van der Waals surface area contributed by atoms with Gasteiger partial charge in [-0.05, 0) is 25.1 Å². The van der Waals surface area contributed by atoms with Gasteiger partial charge < -0.3 is 9.88 Å². The van der Waals surface area contributed by atoms with E-state index in [1.165, 1.54) is 17.6 Å². The van der Waals surface area contributed by atoms with Crippen molar-refractivity contribution in [3.63, 3.8) is 0 Å². The van der Waals surface area contributed by atoms with Crippen molar-refractivity contribution in [3.8, 4) is 6.07 Å². The normalized spacial score (nSPS) is 10.9. The quantitative estimate of drug-likeness (QED) is 0.544. The lowest BCUT2D eigenvalue weighted by atomic mass is 10.3. The first-order valence-corrected chi connectivity index (χ1v) is 8.38. The monoisotopic (exact) mass is 352 g/mol. The molecule has 1 aromatic carbocycles. The number of hydrazone groups is 1. The molecule has 2 aromatic heterocycles. The Bertz CT molecular complexity index is 961. The molecule has 0 radical (unpaired) electrons. The average Bonchev–Trinajstić information content (AvgIpc) is 3.15. The Morgan fingerprint density at radius 1 is 1.48 bits per heavy atom. The van der Waals surface area contributed by atoms with Crippen molar-refractivity contribution in [3.05, 3.63) is 47.3 Å². The first-order chi connectivity index (χ1) is 12.1. The molecule has 3 rings (SSSR count). The van der Waals surface area contributed by atoms with Gasteiger partial charge in [-0.3, -0.25) is 4.79 Å². The lowest BCUT2D eigenvalue weighted by molar-refractivity contribution is -0.119. The molecule has 2 heterocycles. The number of nitrogens with zero attached hydrogens (tertiary/aromatic N) is 4. The maximum absolute atomic E-state index is 11.9. The Kier molecular flexibility index (Phi) is 4.77. The third-order valence-electron chi connectivity index (χ3n) is 3.78. The van der Waals surface area contributed by atoms with E-state index in [-0.39, 0.29) is 12.5 Å². The number of thiazole rings is 1. The number of para-hydroxylation sites is 1. The average molecular weight is 352 g/mol. The molecule has 0 fully saturated rings. The number of benzene rings is 1. The highest BCUT2D eigenvalue weighted by molar-refractivity contribution is 7.22. The third-order valence-corrected chi connectivity index (χ3v) is 4.77. The highest BCUT2D eigenvalue weighted by atomic mass is 32.1. The van der Waals surface area contributed by atoms with Crippen LogP contribution < -0.4 is 10.7 Å². The summed E-state index contributed by atoms with van der Waals surface area (Å²) in [5.74, 6) is -0.274. The fourth-order valence-corrected chi connectivity index (χ4v) is 3.14. The van der Waals surface area contributed by atoms with Crippen molar-refractivity contribution in [1.29, 1.82) is 5.26 Å². The minimum absolute atomic E-state index is 0.0778. The summed E-state index contributed by atoms with van der Waals surface area (Å²) in [6.07, 6.45) is 1.53. The van der Waals surface area contributed by atoms with Gasteiger partial charge in [-0.15, -0.1) is 0 Å². The van der Waals surface area contributed by atoms with Gasteiger partial charge in [-0.1, -0.05) is 23.5 Å². The van der Waals surface area contributed by atoms with Crippen LogP contribution in [0.2, 0.25) is 0 Å². The summed E-state index contributed by atoms with van der Waals surface area (Å²) in [6.45, 7) is 1.97. The number of nitrogens with one attached hydrogen (secondary N) is 2. The fraction of sp³-hybridized carbons (Fsp3) is 0.176. The molecule has 8 heteroatoms. The van der Waals surface area contributed by atoms with E-state index in [2.05, 4.69) is 26.9 Å². The molecule has 126 valence electrons. The summed E-state index contributed by atoms with van der Waals surface area (Å²) in [4.78, 5) is 16.3. The zero-order chi connectivity index (χ0) is 17.8. The van der Waals surface area contributed by atoms with Gasteiger partial charge >= 0.3 is 0 Å². The molecular weight excluding hydrogens is 336 g/mol. The molecule has 7 nitrogen and oxygen atoms in total. The van der Waals surface area contributed by atoms with Crippen molar-refractivity contribution in [2.45, 2.75) is 6.92 Å². The Balaban J connectivity index is 1.55. The number of anilines is 1. The maximum Gasteiger partial charge on any atom is 0.259 e. The van der Waals surface area contributed by atoms with E-state index in [9.17, 15) is 4.79 Å². The van der Waals surface area contributed by atoms with Gasteiger partial charge in [0.25, 0.3) is 5.91 Å². The number of rotatable bonds is 5. The second-order valence-corrected chi connectivity index (χ2v) is 6.41. The lowest BCUT2D eigenvalue weighted by Gasteiger charge is -2.01. The van der Waals surface area contributed by atoms with Crippen LogP contribution in [-0.4, -0.2) is 28.2 Å². The molecule has 0 saturated carbocycles. The van der Waals surface area contributed by atoms with Crippen LogP contribution in [-0.2, 0) is 11.8 Å². The minimum atomic E-state index is -0.274. The number of carbonyl (C=O) groups excluding carboxylic acids is 1. The van der Waals surface area contributed by atoms with Crippen LogP contribution in [0.3, 0.4) is 0 Å². The van der Waals surface area contributed by atoms with E-state index >= 15 is 0 Å². The van der Waals surface area contributed by atoms with Crippen LogP contribution in [0, 0.1) is 18.3 Å². The molecule has 0 aliphatic heterocycles. The predicted octanol–water partition coefficient (Wildman–Crippen LogP) is 2.38. The van der Waals surface area contributed by atoms with Crippen LogP contribution in [0.4, 0.5) is 5.13 Å². The van der Waals surface area contributed by atoms with Gasteiger partial charge in [0, 0.05) is 18.3 Å². The highest BCUT2D eigenvalue weighted by Crippen LogP contribution is 2.24. The van der Waals surface area contributed by atoms with Crippen molar-refractivity contribution in [1.82, 2.24) is 15.0 Å². The third kappa shape index (κ3) is 3.67. The molecule has 0 aliphatic carbocycles. The Hall–Kier alpha value is -3.18. The largest absolute Gasteiger partial charge is 0.352 e. The van der Waals surface area contributed by atoms with Crippen molar-refractivity contribution in [2.24, 2.45) is 12.1 Å². The van der Waals surface area contributed by atoms with Gasteiger partial charge in [-0.2, -0.15) is 10.4 Å². The first kappa shape index (κ1) is 16.7. The Labute approximate surface area is 148 Å². The smallest absolute Gasteiger partial charge is 0.259 e. The number of hydrogen-bond donors (Lipinski definition) is 2. The first-order valence-electron chi connectivity index (χ1n) is 7.56. The van der Waals surface area contributed by atoms with Crippen LogP contribution >= 0.6 is 11.3 Å².